The van der Waals surface area contributed by atoms with Gasteiger partial charge in [0.2, 0.25) is 0 Å². The van der Waals surface area contributed by atoms with Crippen molar-refractivity contribution >= 4 is 33.4 Å². The first-order chi connectivity index (χ1) is 37.3. The Balaban J connectivity index is 1.19. The maximum absolute atomic E-state index is 5.85. The molecule has 13 aromatic rings. The number of para-hydroxylation sites is 1. The maximum atomic E-state index is 5.85. The number of pyridine rings is 1. The summed E-state index contributed by atoms with van der Waals surface area (Å²) in [4.78, 5) is 2.59. The van der Waals surface area contributed by atoms with Crippen molar-refractivity contribution in [1.29, 1.82) is 0 Å². The molecule has 0 aliphatic heterocycles. The van der Waals surface area contributed by atoms with Gasteiger partial charge in [-0.1, -0.05) is 285 Å². The van der Waals surface area contributed by atoms with Crippen molar-refractivity contribution in [3.63, 3.8) is 0 Å². The lowest BCUT2D eigenvalue weighted by molar-refractivity contribution is 0.768. The van der Waals surface area contributed by atoms with Gasteiger partial charge < -0.3 is 4.90 Å². The highest BCUT2D eigenvalue weighted by Crippen LogP contribution is 2.61. The maximum Gasteiger partial charge on any atom is 0.101 e. The summed E-state index contributed by atoms with van der Waals surface area (Å²) in [6.07, 6.45) is 0. The summed E-state index contributed by atoms with van der Waals surface area (Å²) in [7, 11) is 0. The monoisotopic (exact) mass is 955 g/mol. The summed E-state index contributed by atoms with van der Waals surface area (Å²) in [6, 6.07) is 108. The molecule has 1 aliphatic rings. The van der Waals surface area contributed by atoms with Crippen molar-refractivity contribution in [2.75, 3.05) is 4.90 Å². The topological polar surface area (TPSA) is 20.5 Å². The molecule has 1 aliphatic carbocycles. The standard InChI is InChI=1S/C72H49N3/c1-7-28-50(29-8-1)56-40-19-20-41-57(56)58-42-24-26-48-64(58)74(65-49-27-47-63-67(65)61-45-23-25-46-62(61)72(63,54-36-15-5-16-37-54)55-38-17-6-18-39-55)71-60-44-22-21-43-59(60)70-66(51-30-9-2-10-31-51)68(52-32-11-3-12-33-52)73-75(70)69(71)53-34-13-4-14-35-53/h1-49H. The summed E-state index contributed by atoms with van der Waals surface area (Å²) < 4.78 is 2.26. The average Bonchev–Trinajstić information content (AvgIpc) is 4.06. The number of aromatic nitrogens is 2. The van der Waals surface area contributed by atoms with Crippen LogP contribution >= 0.6 is 0 Å². The number of hydrogen-bond acceptors (Lipinski definition) is 2. The van der Waals surface area contributed by atoms with E-state index in [9.17, 15) is 0 Å². The van der Waals surface area contributed by atoms with Crippen molar-refractivity contribution in [3.05, 3.63) is 320 Å². The van der Waals surface area contributed by atoms with Gasteiger partial charge in [0, 0.05) is 38.6 Å². The second-order valence-corrected chi connectivity index (χ2v) is 19.3. The third kappa shape index (κ3) is 7.00. The number of benzene rings is 11. The van der Waals surface area contributed by atoms with Crippen LogP contribution in [0.2, 0.25) is 0 Å². The molecule has 0 radical (unpaired) electrons. The van der Waals surface area contributed by atoms with E-state index in [2.05, 4.69) is 307 Å². The van der Waals surface area contributed by atoms with Crippen molar-refractivity contribution in [3.8, 4) is 67.0 Å². The van der Waals surface area contributed by atoms with Gasteiger partial charge in [-0.25, -0.2) is 4.52 Å². The van der Waals surface area contributed by atoms with E-state index in [1.165, 1.54) is 33.4 Å². The van der Waals surface area contributed by atoms with E-state index in [1.807, 2.05) is 0 Å². The minimum Gasteiger partial charge on any atom is -0.306 e. The van der Waals surface area contributed by atoms with E-state index in [0.29, 0.717) is 0 Å². The zero-order chi connectivity index (χ0) is 49.7. The molecule has 2 heterocycles. The predicted molar refractivity (Wildman–Crippen MR) is 312 cm³/mol. The summed E-state index contributed by atoms with van der Waals surface area (Å²) in [5, 5.41) is 8.06. The molecule has 0 amide bonds. The van der Waals surface area contributed by atoms with Gasteiger partial charge in [-0.05, 0) is 62.2 Å². The summed E-state index contributed by atoms with van der Waals surface area (Å²) >= 11 is 0. The number of nitrogens with zero attached hydrogens (tertiary/aromatic N) is 3. The van der Waals surface area contributed by atoms with Gasteiger partial charge in [-0.3, -0.25) is 0 Å². The molecule has 75 heavy (non-hydrogen) atoms. The molecule has 0 unspecified atom stereocenters. The zero-order valence-electron chi connectivity index (χ0n) is 41.1. The molecule has 0 saturated heterocycles. The van der Waals surface area contributed by atoms with E-state index in [0.717, 1.165) is 89.2 Å². The summed E-state index contributed by atoms with van der Waals surface area (Å²) in [5.41, 5.74) is 21.7. The molecular weight excluding hydrogens is 907 g/mol. The van der Waals surface area contributed by atoms with Crippen LogP contribution in [0.25, 0.3) is 83.3 Å². The Morgan fingerprint density at radius 1 is 0.307 bits per heavy atom. The highest BCUT2D eigenvalue weighted by Gasteiger charge is 2.47. The molecule has 352 valence electrons. The summed E-state index contributed by atoms with van der Waals surface area (Å²) in [5.74, 6) is 0. The highest BCUT2D eigenvalue weighted by molar-refractivity contribution is 6.17. The first-order valence-electron chi connectivity index (χ1n) is 25.8. The molecule has 2 aromatic heterocycles. The normalized spacial score (nSPS) is 12.4. The lowest BCUT2D eigenvalue weighted by atomic mass is 9.68. The van der Waals surface area contributed by atoms with E-state index >= 15 is 0 Å². The Morgan fingerprint density at radius 2 is 0.760 bits per heavy atom. The first kappa shape index (κ1) is 43.9. The predicted octanol–water partition coefficient (Wildman–Crippen LogP) is 18.7. The largest absolute Gasteiger partial charge is 0.306 e. The van der Waals surface area contributed by atoms with Crippen molar-refractivity contribution in [2.45, 2.75) is 5.41 Å². The average molecular weight is 956 g/mol. The lowest BCUT2D eigenvalue weighted by Gasteiger charge is -2.35. The zero-order valence-corrected chi connectivity index (χ0v) is 41.1. The van der Waals surface area contributed by atoms with Gasteiger partial charge >= 0.3 is 0 Å². The molecule has 3 heteroatoms. The fraction of sp³-hybridized carbons (Fsp3) is 0.0139. The van der Waals surface area contributed by atoms with E-state index in [-0.39, 0.29) is 0 Å². The lowest BCUT2D eigenvalue weighted by Crippen LogP contribution is -2.28. The van der Waals surface area contributed by atoms with Crippen LogP contribution in [-0.4, -0.2) is 9.61 Å². The van der Waals surface area contributed by atoms with Crippen LogP contribution in [0.15, 0.2) is 297 Å². The van der Waals surface area contributed by atoms with Gasteiger partial charge in [0.1, 0.15) is 5.69 Å². The Labute approximate surface area is 437 Å². The van der Waals surface area contributed by atoms with Crippen molar-refractivity contribution in [1.82, 2.24) is 9.61 Å². The molecule has 0 saturated carbocycles. The van der Waals surface area contributed by atoms with Crippen LogP contribution in [0, 0.1) is 0 Å². The van der Waals surface area contributed by atoms with Crippen molar-refractivity contribution in [2.24, 2.45) is 0 Å². The Bertz CT molecular complexity index is 4170. The fourth-order valence-corrected chi connectivity index (χ4v) is 12.2. The van der Waals surface area contributed by atoms with Crippen LogP contribution in [-0.2, 0) is 5.41 Å². The number of fused-ring (bicyclic) bond motifs is 6. The van der Waals surface area contributed by atoms with Crippen LogP contribution < -0.4 is 4.90 Å². The molecule has 0 N–H and O–H groups in total. The van der Waals surface area contributed by atoms with Crippen LogP contribution in [0.1, 0.15) is 22.3 Å². The second-order valence-electron chi connectivity index (χ2n) is 19.3. The van der Waals surface area contributed by atoms with Crippen LogP contribution in [0.3, 0.4) is 0 Å². The molecule has 0 bridgehead atoms. The Morgan fingerprint density at radius 3 is 1.40 bits per heavy atom. The van der Waals surface area contributed by atoms with E-state index < -0.39 is 5.41 Å². The molecule has 11 aromatic carbocycles. The third-order valence-electron chi connectivity index (χ3n) is 15.3. The highest BCUT2D eigenvalue weighted by atomic mass is 15.3. The van der Waals surface area contributed by atoms with Gasteiger partial charge in [-0.2, -0.15) is 5.10 Å². The Hall–Kier alpha value is -9.83. The van der Waals surface area contributed by atoms with E-state index in [1.54, 1.807) is 0 Å². The minimum atomic E-state index is -0.624. The number of anilines is 3. The molecular formula is C72H49N3. The van der Waals surface area contributed by atoms with E-state index in [4.69, 9.17) is 5.10 Å². The number of rotatable bonds is 10. The van der Waals surface area contributed by atoms with Gasteiger partial charge in [0.15, 0.2) is 0 Å². The SMILES string of the molecule is c1ccc(-c2ccccc2-c2ccccc2N(c2cccc3c2-c2ccccc2C3(c2ccccc2)c2ccccc2)c2c(-c3ccccc3)n3nc(-c4ccccc4)c(-c4ccccc4)c3c3ccccc23)cc1. The first-order valence-corrected chi connectivity index (χ1v) is 25.8. The quantitative estimate of drug-likeness (QED) is 0.136. The van der Waals surface area contributed by atoms with Crippen LogP contribution in [0.4, 0.5) is 17.1 Å². The molecule has 14 rings (SSSR count). The van der Waals surface area contributed by atoms with Gasteiger partial charge in [0.05, 0.1) is 33.7 Å². The molecule has 0 spiro atoms. The molecule has 0 fully saturated rings. The second kappa shape index (κ2) is 18.3. The van der Waals surface area contributed by atoms with Gasteiger partial charge in [0.25, 0.3) is 0 Å². The summed E-state index contributed by atoms with van der Waals surface area (Å²) in [6.45, 7) is 0. The van der Waals surface area contributed by atoms with Gasteiger partial charge in [-0.15, -0.1) is 0 Å². The third-order valence-corrected chi connectivity index (χ3v) is 15.3. The molecule has 3 nitrogen and oxygen atoms in total. The van der Waals surface area contributed by atoms with Crippen molar-refractivity contribution < 1.29 is 0 Å². The Kier molecular flexibility index (Phi) is 10.7. The smallest absolute Gasteiger partial charge is 0.101 e. The number of hydrogen-bond donors (Lipinski definition) is 0. The fourth-order valence-electron chi connectivity index (χ4n) is 12.2. The minimum absolute atomic E-state index is 0.624. The molecule has 0 atom stereocenters. The van der Waals surface area contributed by atoms with Crippen LogP contribution in [0.5, 0.6) is 0 Å².